The molecular weight excluding hydrogens is 484 g/mol. The minimum Gasteiger partial charge on any atom is -0.381 e. The molecule has 4 aromatic rings. The molecular formula is C23H20Cl2FN5O3. The second-order valence-electron chi connectivity index (χ2n) is 8.52. The number of fused-ring (bicyclic) bond motifs is 4. The van der Waals surface area contributed by atoms with Crippen LogP contribution in [0.15, 0.2) is 29.1 Å². The van der Waals surface area contributed by atoms with Crippen molar-refractivity contribution >= 4 is 52.3 Å². The van der Waals surface area contributed by atoms with Crippen molar-refractivity contribution in [3.8, 4) is 0 Å². The molecule has 6 rings (SSSR count). The molecule has 2 aliphatic rings. The van der Waals surface area contributed by atoms with E-state index in [2.05, 4.69) is 15.2 Å². The largest absolute Gasteiger partial charge is 0.381 e. The highest BCUT2D eigenvalue weighted by Gasteiger charge is 2.29. The standard InChI is InChI=1S/C23H19ClFN5O3.ClH/c1-11-6-19-17(26-22(31)21-28-27-20(30(19)21)13-3-5-33-10-13)8-14(11)23(32)29-4-2-12-7-16(25)15(24)9-18(12)29;/h6-9,13H,2-5,10H2,1H3,(H,26,31);1H. The Bertz CT molecular complexity index is 1530. The molecule has 0 spiro atoms. The zero-order chi connectivity index (χ0) is 22.9. The molecule has 11 heteroatoms. The van der Waals surface area contributed by atoms with E-state index in [0.717, 1.165) is 23.1 Å². The van der Waals surface area contributed by atoms with Crippen molar-refractivity contribution in [2.45, 2.75) is 25.7 Å². The predicted molar refractivity (Wildman–Crippen MR) is 128 cm³/mol. The highest BCUT2D eigenvalue weighted by molar-refractivity contribution is 6.31. The number of aromatic amines is 1. The van der Waals surface area contributed by atoms with Crippen molar-refractivity contribution in [1.29, 1.82) is 0 Å². The normalized spacial score (nSPS) is 17.4. The summed E-state index contributed by atoms with van der Waals surface area (Å²) in [5, 5.41) is 8.35. The smallest absolute Gasteiger partial charge is 0.294 e. The number of halogens is 3. The van der Waals surface area contributed by atoms with Gasteiger partial charge in [0.2, 0.25) is 5.65 Å². The topological polar surface area (TPSA) is 92.6 Å². The van der Waals surface area contributed by atoms with E-state index in [1.165, 1.54) is 12.1 Å². The Balaban J connectivity index is 0.00000241. The van der Waals surface area contributed by atoms with Gasteiger partial charge in [-0.05, 0) is 55.2 Å². The molecule has 2 aromatic heterocycles. The van der Waals surface area contributed by atoms with Gasteiger partial charge in [0.25, 0.3) is 11.5 Å². The van der Waals surface area contributed by atoms with Crippen LogP contribution in [0.25, 0.3) is 16.7 Å². The van der Waals surface area contributed by atoms with Crippen molar-refractivity contribution in [2.24, 2.45) is 0 Å². The van der Waals surface area contributed by atoms with E-state index in [-0.39, 0.29) is 40.5 Å². The predicted octanol–water partition coefficient (Wildman–Crippen LogP) is 3.80. The lowest BCUT2D eigenvalue weighted by Crippen LogP contribution is -2.29. The van der Waals surface area contributed by atoms with Crippen molar-refractivity contribution in [3.05, 3.63) is 68.0 Å². The van der Waals surface area contributed by atoms with Crippen molar-refractivity contribution in [2.75, 3.05) is 24.7 Å². The SMILES string of the molecule is Cc1cc2c(cc1C(=O)N1CCc3cc(F)c(Cl)cc31)[nH]c(=O)c1nnc(C3CCOC3)n12.Cl. The van der Waals surface area contributed by atoms with Crippen molar-refractivity contribution in [3.63, 3.8) is 0 Å². The number of aromatic nitrogens is 4. The van der Waals surface area contributed by atoms with E-state index in [0.29, 0.717) is 48.8 Å². The molecule has 8 nitrogen and oxygen atoms in total. The van der Waals surface area contributed by atoms with Crippen LogP contribution < -0.4 is 10.5 Å². The summed E-state index contributed by atoms with van der Waals surface area (Å²) in [5.41, 5.74) is 3.61. The summed E-state index contributed by atoms with van der Waals surface area (Å²) in [6, 6.07) is 6.42. The van der Waals surface area contributed by atoms with Gasteiger partial charge in [-0.1, -0.05) is 11.6 Å². The Labute approximate surface area is 204 Å². The summed E-state index contributed by atoms with van der Waals surface area (Å²) in [6.45, 7) is 3.45. The summed E-state index contributed by atoms with van der Waals surface area (Å²) < 4.78 is 21.1. The van der Waals surface area contributed by atoms with Crippen LogP contribution in [0.3, 0.4) is 0 Å². The molecule has 1 saturated heterocycles. The second-order valence-corrected chi connectivity index (χ2v) is 8.93. The van der Waals surface area contributed by atoms with E-state index in [4.69, 9.17) is 16.3 Å². The molecule has 0 aliphatic carbocycles. The van der Waals surface area contributed by atoms with Gasteiger partial charge in [-0.25, -0.2) is 4.39 Å². The molecule has 0 bridgehead atoms. The molecule has 1 unspecified atom stereocenters. The minimum atomic E-state index is -0.495. The number of rotatable bonds is 2. The number of nitrogens with one attached hydrogen (secondary N) is 1. The molecule has 2 aromatic carbocycles. The lowest BCUT2D eigenvalue weighted by atomic mass is 10.0. The lowest BCUT2D eigenvalue weighted by Gasteiger charge is -2.19. The average Bonchev–Trinajstić information content (AvgIpc) is 3.53. The van der Waals surface area contributed by atoms with Gasteiger partial charge in [0.15, 0.2) is 0 Å². The zero-order valence-electron chi connectivity index (χ0n) is 18.1. The Morgan fingerprint density at radius 3 is 2.85 bits per heavy atom. The van der Waals surface area contributed by atoms with Gasteiger partial charge in [-0.2, -0.15) is 0 Å². The monoisotopic (exact) mass is 503 g/mol. The maximum absolute atomic E-state index is 13.9. The molecule has 2 aliphatic heterocycles. The van der Waals surface area contributed by atoms with Gasteiger partial charge < -0.3 is 14.6 Å². The van der Waals surface area contributed by atoms with Crippen molar-refractivity contribution < 1.29 is 13.9 Å². The van der Waals surface area contributed by atoms with Crippen molar-refractivity contribution in [1.82, 2.24) is 19.6 Å². The van der Waals surface area contributed by atoms with Crippen LogP contribution in [0.5, 0.6) is 0 Å². The number of H-pyrrole nitrogens is 1. The molecule has 0 saturated carbocycles. The van der Waals surface area contributed by atoms with E-state index in [1.807, 2.05) is 13.0 Å². The molecule has 0 radical (unpaired) electrons. The van der Waals surface area contributed by atoms with Gasteiger partial charge in [0, 0.05) is 30.3 Å². The number of anilines is 1. The first kappa shape index (κ1) is 22.8. The number of aryl methyl sites for hydroxylation is 1. The molecule has 176 valence electrons. The van der Waals surface area contributed by atoms with Crippen LogP contribution in [-0.4, -0.2) is 45.2 Å². The molecule has 1 N–H and O–H groups in total. The number of ether oxygens (including phenoxy) is 1. The highest BCUT2D eigenvalue weighted by atomic mass is 35.5. The first-order chi connectivity index (χ1) is 15.9. The van der Waals surface area contributed by atoms with Crippen LogP contribution in [0.2, 0.25) is 5.02 Å². The third-order valence-electron chi connectivity index (χ3n) is 6.51. The highest BCUT2D eigenvalue weighted by Crippen LogP contribution is 2.34. The van der Waals surface area contributed by atoms with Crippen LogP contribution in [0, 0.1) is 12.7 Å². The van der Waals surface area contributed by atoms with E-state index in [9.17, 15) is 14.0 Å². The van der Waals surface area contributed by atoms with Crippen LogP contribution in [0.4, 0.5) is 10.1 Å². The van der Waals surface area contributed by atoms with Crippen LogP contribution in [-0.2, 0) is 11.2 Å². The minimum absolute atomic E-state index is 0. The third kappa shape index (κ3) is 3.38. The molecule has 1 fully saturated rings. The first-order valence-corrected chi connectivity index (χ1v) is 11.1. The summed E-state index contributed by atoms with van der Waals surface area (Å²) in [5.74, 6) is 0.00983. The fourth-order valence-corrected chi connectivity index (χ4v) is 4.97. The average molecular weight is 504 g/mol. The van der Waals surface area contributed by atoms with Gasteiger partial charge in [0.05, 0.1) is 22.7 Å². The summed E-state index contributed by atoms with van der Waals surface area (Å²) in [7, 11) is 0. The fraction of sp³-hybridized carbons (Fsp3) is 0.304. The Morgan fingerprint density at radius 2 is 2.09 bits per heavy atom. The van der Waals surface area contributed by atoms with Gasteiger partial charge in [-0.15, -0.1) is 22.6 Å². The molecule has 1 atom stereocenters. The maximum atomic E-state index is 13.9. The summed E-state index contributed by atoms with van der Waals surface area (Å²) in [6.07, 6.45) is 1.36. The van der Waals surface area contributed by atoms with E-state index < -0.39 is 5.82 Å². The Kier molecular flexibility index (Phi) is 5.58. The third-order valence-corrected chi connectivity index (χ3v) is 6.80. The second kappa shape index (κ2) is 8.33. The Hall–Kier alpha value is -3.01. The summed E-state index contributed by atoms with van der Waals surface area (Å²) in [4.78, 5) is 30.7. The quantitative estimate of drug-likeness (QED) is 0.449. The van der Waals surface area contributed by atoms with Crippen LogP contribution in [0.1, 0.15) is 39.6 Å². The number of amides is 1. The molecule has 34 heavy (non-hydrogen) atoms. The number of benzene rings is 2. The van der Waals surface area contributed by atoms with Gasteiger partial charge >= 0.3 is 0 Å². The number of hydrogen-bond donors (Lipinski definition) is 1. The summed E-state index contributed by atoms with van der Waals surface area (Å²) >= 11 is 5.97. The Morgan fingerprint density at radius 1 is 1.26 bits per heavy atom. The maximum Gasteiger partial charge on any atom is 0.294 e. The molecule has 1 amide bonds. The number of carbonyl (C=O) groups excluding carboxylic acids is 1. The first-order valence-electron chi connectivity index (χ1n) is 10.7. The van der Waals surface area contributed by atoms with E-state index >= 15 is 0 Å². The van der Waals surface area contributed by atoms with E-state index in [1.54, 1.807) is 15.4 Å². The fourth-order valence-electron chi connectivity index (χ4n) is 4.81. The number of hydrogen-bond acceptors (Lipinski definition) is 5. The zero-order valence-corrected chi connectivity index (χ0v) is 19.7. The lowest BCUT2D eigenvalue weighted by molar-refractivity contribution is 0.0989. The van der Waals surface area contributed by atoms with Crippen LogP contribution >= 0.6 is 24.0 Å². The molecule has 4 heterocycles. The number of carbonyl (C=O) groups is 1. The van der Waals surface area contributed by atoms with Gasteiger partial charge in [0.1, 0.15) is 11.6 Å². The van der Waals surface area contributed by atoms with Gasteiger partial charge in [-0.3, -0.25) is 14.0 Å². The number of nitrogens with zero attached hydrogens (tertiary/aromatic N) is 4.